The third-order valence-electron chi connectivity index (χ3n) is 2.53. The van der Waals surface area contributed by atoms with Crippen molar-refractivity contribution < 1.29 is 23.9 Å². The molecule has 1 amide bonds. The van der Waals surface area contributed by atoms with Gasteiger partial charge in [-0.2, -0.15) is 0 Å². The third kappa shape index (κ3) is 5.98. The first-order chi connectivity index (χ1) is 9.52. The number of aryl methyl sites for hydroxylation is 1. The standard InChI is InChI=1S/C12H17N3O4S/c1-2-20(19)8-5-13-12(18)10-3-6-15(14-9-10)7-4-11(16)17/h3,6,9H,2,4-5,7-8H2,1H3,(H-,13,16,17,18)/p+1. The maximum atomic E-state index is 11.7. The molecule has 1 atom stereocenters. The van der Waals surface area contributed by atoms with Crippen LogP contribution in [0.15, 0.2) is 18.5 Å². The molecule has 110 valence electrons. The fourth-order valence-electron chi connectivity index (χ4n) is 1.39. The summed E-state index contributed by atoms with van der Waals surface area (Å²) in [4.78, 5) is 22.2. The van der Waals surface area contributed by atoms with Gasteiger partial charge >= 0.3 is 5.97 Å². The molecule has 20 heavy (non-hydrogen) atoms. The maximum Gasteiger partial charge on any atom is 0.309 e. The predicted molar refractivity (Wildman–Crippen MR) is 72.6 cm³/mol. The van der Waals surface area contributed by atoms with Crippen LogP contribution in [0.2, 0.25) is 0 Å². The highest BCUT2D eigenvalue weighted by Gasteiger charge is 2.11. The lowest BCUT2D eigenvalue weighted by Gasteiger charge is -2.08. The quantitative estimate of drug-likeness (QED) is 0.490. The number of amides is 1. The van der Waals surface area contributed by atoms with Crippen molar-refractivity contribution in [2.75, 3.05) is 18.1 Å². The van der Waals surface area contributed by atoms with Gasteiger partial charge in [0.15, 0.2) is 12.7 Å². The molecule has 0 spiro atoms. The lowest BCUT2D eigenvalue weighted by Crippen LogP contribution is -2.39. The average molecular weight is 300 g/mol. The summed E-state index contributed by atoms with van der Waals surface area (Å²) in [5.41, 5.74) is 0.388. The van der Waals surface area contributed by atoms with Gasteiger partial charge in [-0.1, -0.05) is 15.9 Å². The minimum atomic E-state index is -0.901. The van der Waals surface area contributed by atoms with Crippen molar-refractivity contribution >= 4 is 23.1 Å². The number of carbonyl (C=O) groups excluding carboxylic acids is 1. The van der Waals surface area contributed by atoms with E-state index in [0.717, 1.165) is 0 Å². The molecule has 1 rings (SSSR count). The highest BCUT2D eigenvalue weighted by molar-refractivity contribution is 7.91. The first kappa shape index (κ1) is 16.4. The van der Waals surface area contributed by atoms with Gasteiger partial charge in [0.05, 0.1) is 12.1 Å². The van der Waals surface area contributed by atoms with Crippen LogP contribution in [0.5, 0.6) is 0 Å². The highest BCUT2D eigenvalue weighted by atomic mass is 32.2. The van der Waals surface area contributed by atoms with E-state index in [0.29, 0.717) is 23.6 Å². The molecule has 1 unspecified atom stereocenters. The Morgan fingerprint density at radius 1 is 1.55 bits per heavy atom. The van der Waals surface area contributed by atoms with E-state index in [9.17, 15) is 14.1 Å². The molecule has 1 aromatic rings. The van der Waals surface area contributed by atoms with Gasteiger partial charge in [0.25, 0.3) is 5.91 Å². The minimum Gasteiger partial charge on any atom is -0.616 e. The first-order valence-electron chi connectivity index (χ1n) is 6.23. The van der Waals surface area contributed by atoms with E-state index in [-0.39, 0.29) is 18.9 Å². The molecular weight excluding hydrogens is 282 g/mol. The van der Waals surface area contributed by atoms with Crippen molar-refractivity contribution in [1.29, 1.82) is 0 Å². The smallest absolute Gasteiger partial charge is 0.309 e. The summed E-state index contributed by atoms with van der Waals surface area (Å²) in [6.45, 7) is 2.44. The number of nitrogens with zero attached hydrogens (tertiary/aromatic N) is 2. The van der Waals surface area contributed by atoms with E-state index in [1.165, 1.54) is 10.9 Å². The van der Waals surface area contributed by atoms with E-state index < -0.39 is 17.1 Å². The average Bonchev–Trinajstić information content (AvgIpc) is 2.45. The van der Waals surface area contributed by atoms with E-state index in [1.807, 2.05) is 6.92 Å². The Hall–Kier alpha value is -1.67. The van der Waals surface area contributed by atoms with E-state index in [4.69, 9.17) is 5.11 Å². The van der Waals surface area contributed by atoms with Gasteiger partial charge < -0.3 is 15.0 Å². The van der Waals surface area contributed by atoms with Crippen LogP contribution in [0, 0.1) is 0 Å². The zero-order chi connectivity index (χ0) is 15.0. The van der Waals surface area contributed by atoms with E-state index >= 15 is 0 Å². The Morgan fingerprint density at radius 3 is 2.85 bits per heavy atom. The lowest BCUT2D eigenvalue weighted by molar-refractivity contribution is -0.753. The molecule has 0 aliphatic heterocycles. The molecule has 0 fully saturated rings. The van der Waals surface area contributed by atoms with Crippen LogP contribution in [-0.2, 0) is 22.5 Å². The van der Waals surface area contributed by atoms with Crippen molar-refractivity contribution in [3.05, 3.63) is 24.0 Å². The van der Waals surface area contributed by atoms with Crippen molar-refractivity contribution in [3.8, 4) is 0 Å². The Balaban J connectivity index is 2.43. The van der Waals surface area contributed by atoms with Crippen LogP contribution in [0.25, 0.3) is 0 Å². The number of aromatic nitrogens is 2. The van der Waals surface area contributed by atoms with Crippen LogP contribution < -0.4 is 10.00 Å². The van der Waals surface area contributed by atoms with Gasteiger partial charge in [0, 0.05) is 6.07 Å². The summed E-state index contributed by atoms with van der Waals surface area (Å²) in [5, 5.41) is 15.2. The molecule has 2 N–H and O–H groups in total. The van der Waals surface area contributed by atoms with E-state index in [1.54, 1.807) is 12.3 Å². The number of hydrogen-bond donors (Lipinski definition) is 2. The Morgan fingerprint density at radius 2 is 2.30 bits per heavy atom. The van der Waals surface area contributed by atoms with Crippen molar-refractivity contribution in [2.45, 2.75) is 19.9 Å². The number of carbonyl (C=O) groups is 2. The molecule has 0 aromatic carbocycles. The van der Waals surface area contributed by atoms with Crippen LogP contribution >= 0.6 is 0 Å². The minimum absolute atomic E-state index is 0.0218. The van der Waals surface area contributed by atoms with Gasteiger partial charge in [-0.3, -0.25) is 9.59 Å². The molecule has 8 heteroatoms. The van der Waals surface area contributed by atoms with Gasteiger partial charge in [-0.05, 0) is 12.0 Å². The molecular formula is C12H18N3O4S+. The van der Waals surface area contributed by atoms with Crippen molar-refractivity contribution in [3.63, 3.8) is 0 Å². The summed E-state index contributed by atoms with van der Waals surface area (Å²) >= 11 is -0.901. The number of nitrogens with one attached hydrogen (secondary N) is 1. The molecule has 0 aliphatic rings. The second kappa shape index (κ2) is 8.49. The zero-order valence-electron chi connectivity index (χ0n) is 11.2. The number of hydrogen-bond acceptors (Lipinski definition) is 4. The fourth-order valence-corrected chi connectivity index (χ4v) is 2.00. The molecule has 0 aliphatic carbocycles. The molecule has 0 saturated carbocycles. The van der Waals surface area contributed by atoms with Gasteiger partial charge in [0.1, 0.15) is 24.1 Å². The second-order valence-corrected chi connectivity index (χ2v) is 5.88. The number of rotatable bonds is 8. The zero-order valence-corrected chi connectivity index (χ0v) is 12.1. The lowest BCUT2D eigenvalue weighted by atomic mass is 10.3. The number of carboxylic acids is 1. The third-order valence-corrected chi connectivity index (χ3v) is 3.83. The summed E-state index contributed by atoms with van der Waals surface area (Å²) in [6.07, 6.45) is 2.92. The largest absolute Gasteiger partial charge is 0.616 e. The van der Waals surface area contributed by atoms with Crippen LogP contribution in [0.1, 0.15) is 23.7 Å². The van der Waals surface area contributed by atoms with Gasteiger partial charge in [0.2, 0.25) is 0 Å². The highest BCUT2D eigenvalue weighted by Crippen LogP contribution is 1.94. The first-order valence-corrected chi connectivity index (χ1v) is 7.72. The van der Waals surface area contributed by atoms with Gasteiger partial charge in [-0.15, -0.1) is 0 Å². The topological polar surface area (TPSA) is 106 Å². The summed E-state index contributed by atoms with van der Waals surface area (Å²) in [5.74, 6) is -0.172. The fraction of sp³-hybridized carbons (Fsp3) is 0.500. The Kier molecular flexibility index (Phi) is 6.96. The SMILES string of the molecule is CC[S+]([O-])CCNC(=O)c1cc[n+](CCC(=O)O)nc1. The van der Waals surface area contributed by atoms with Crippen molar-refractivity contribution in [2.24, 2.45) is 0 Å². The molecule has 7 nitrogen and oxygen atoms in total. The summed E-state index contributed by atoms with van der Waals surface area (Å²) in [7, 11) is 0. The molecule has 1 aromatic heterocycles. The number of carboxylic acid groups (broad SMARTS) is 1. The molecule has 0 saturated heterocycles. The monoisotopic (exact) mass is 300 g/mol. The summed E-state index contributed by atoms with van der Waals surface area (Å²) in [6, 6.07) is 1.57. The normalized spacial score (nSPS) is 11.9. The summed E-state index contributed by atoms with van der Waals surface area (Å²) < 4.78 is 12.7. The molecule has 1 heterocycles. The van der Waals surface area contributed by atoms with Gasteiger partial charge in [-0.25, -0.2) is 0 Å². The Labute approximate surface area is 120 Å². The maximum absolute atomic E-state index is 11.7. The van der Waals surface area contributed by atoms with Crippen molar-refractivity contribution in [1.82, 2.24) is 10.4 Å². The van der Waals surface area contributed by atoms with Crippen LogP contribution in [0.3, 0.4) is 0 Å². The second-order valence-electron chi connectivity index (χ2n) is 4.01. The molecule has 0 bridgehead atoms. The van der Waals surface area contributed by atoms with Crippen LogP contribution in [-0.4, -0.2) is 44.7 Å². The predicted octanol–water partition coefficient (Wildman–Crippen LogP) is -0.658. The van der Waals surface area contributed by atoms with E-state index in [2.05, 4.69) is 10.4 Å². The Bertz CT molecular complexity index is 453. The van der Waals surface area contributed by atoms with Crippen LogP contribution in [0.4, 0.5) is 0 Å². The number of aliphatic carboxylic acids is 1. The molecule has 0 radical (unpaired) electrons.